The van der Waals surface area contributed by atoms with Crippen molar-refractivity contribution in [3.63, 3.8) is 0 Å². The molecular formula is C20H25N3O5S2. The highest BCUT2D eigenvalue weighted by atomic mass is 32.2. The van der Waals surface area contributed by atoms with Crippen LogP contribution in [0.5, 0.6) is 0 Å². The Bertz CT molecular complexity index is 949. The summed E-state index contributed by atoms with van der Waals surface area (Å²) in [6, 6.07) is 0. The van der Waals surface area contributed by atoms with Crippen molar-refractivity contribution in [3.05, 3.63) is 33.0 Å². The Morgan fingerprint density at radius 2 is 1.73 bits per heavy atom. The SMILES string of the molecule is COC(=O)c1c(NC(=O)COC(=O)CCc2c(C)nc(SC)nc2C)sc(C)c1C. The third-order valence-corrected chi connectivity index (χ3v) is 6.22. The van der Waals surface area contributed by atoms with Crippen molar-refractivity contribution in [2.24, 2.45) is 0 Å². The highest BCUT2D eigenvalue weighted by Gasteiger charge is 2.22. The number of carbonyl (C=O) groups excluding carboxylic acids is 3. The highest BCUT2D eigenvalue weighted by Crippen LogP contribution is 2.32. The number of nitrogens with zero attached hydrogens (tertiary/aromatic N) is 2. The zero-order valence-electron chi connectivity index (χ0n) is 17.9. The lowest BCUT2D eigenvalue weighted by molar-refractivity contribution is -0.147. The van der Waals surface area contributed by atoms with E-state index in [1.165, 1.54) is 30.2 Å². The number of ether oxygens (including phenoxy) is 2. The van der Waals surface area contributed by atoms with Crippen molar-refractivity contribution in [2.45, 2.75) is 45.7 Å². The van der Waals surface area contributed by atoms with Crippen LogP contribution in [0.2, 0.25) is 0 Å². The Labute approximate surface area is 183 Å². The summed E-state index contributed by atoms with van der Waals surface area (Å²) >= 11 is 2.73. The number of aryl methyl sites for hydroxylation is 3. The number of thiophene rings is 1. The van der Waals surface area contributed by atoms with Gasteiger partial charge >= 0.3 is 11.9 Å². The number of esters is 2. The molecule has 0 bridgehead atoms. The maximum Gasteiger partial charge on any atom is 0.341 e. The van der Waals surface area contributed by atoms with E-state index in [1.807, 2.05) is 27.0 Å². The van der Waals surface area contributed by atoms with Crippen LogP contribution in [0.4, 0.5) is 5.00 Å². The zero-order chi connectivity index (χ0) is 22.4. The van der Waals surface area contributed by atoms with E-state index < -0.39 is 24.5 Å². The first kappa shape index (κ1) is 23.8. The topological polar surface area (TPSA) is 107 Å². The average molecular weight is 452 g/mol. The number of carbonyl (C=O) groups is 3. The summed E-state index contributed by atoms with van der Waals surface area (Å²) < 4.78 is 9.86. The molecule has 0 fully saturated rings. The zero-order valence-corrected chi connectivity index (χ0v) is 19.5. The molecular weight excluding hydrogens is 426 g/mol. The predicted molar refractivity (Wildman–Crippen MR) is 116 cm³/mol. The Morgan fingerprint density at radius 1 is 1.10 bits per heavy atom. The number of hydrogen-bond donors (Lipinski definition) is 1. The molecule has 0 aromatic carbocycles. The van der Waals surface area contributed by atoms with Crippen molar-refractivity contribution in [3.8, 4) is 0 Å². The minimum absolute atomic E-state index is 0.113. The molecule has 2 heterocycles. The number of thioether (sulfide) groups is 1. The largest absolute Gasteiger partial charge is 0.465 e. The normalized spacial score (nSPS) is 10.6. The second-order valence-electron chi connectivity index (χ2n) is 6.55. The fourth-order valence-corrected chi connectivity index (χ4v) is 4.35. The molecule has 0 spiro atoms. The van der Waals surface area contributed by atoms with Gasteiger partial charge in [-0.25, -0.2) is 14.8 Å². The van der Waals surface area contributed by atoms with E-state index >= 15 is 0 Å². The number of aromatic nitrogens is 2. The molecule has 0 unspecified atom stereocenters. The van der Waals surface area contributed by atoms with Crippen LogP contribution in [0.15, 0.2) is 5.16 Å². The van der Waals surface area contributed by atoms with Crippen LogP contribution in [-0.2, 0) is 25.5 Å². The summed E-state index contributed by atoms with van der Waals surface area (Å²) in [7, 11) is 1.28. The first-order chi connectivity index (χ1) is 14.2. The van der Waals surface area contributed by atoms with Gasteiger partial charge in [-0.3, -0.25) is 9.59 Å². The number of nitrogens with one attached hydrogen (secondary N) is 1. The molecule has 2 rings (SSSR count). The Morgan fingerprint density at radius 3 is 2.30 bits per heavy atom. The van der Waals surface area contributed by atoms with E-state index in [2.05, 4.69) is 15.3 Å². The molecule has 2 aromatic heterocycles. The van der Waals surface area contributed by atoms with Gasteiger partial charge in [0.05, 0.1) is 12.7 Å². The van der Waals surface area contributed by atoms with E-state index in [0.717, 1.165) is 27.4 Å². The van der Waals surface area contributed by atoms with E-state index in [-0.39, 0.29) is 6.42 Å². The Balaban J connectivity index is 1.91. The van der Waals surface area contributed by atoms with Crippen LogP contribution in [0.1, 0.15) is 44.2 Å². The Kier molecular flexibility index (Phi) is 8.36. The fraction of sp³-hybridized carbons (Fsp3) is 0.450. The summed E-state index contributed by atoms with van der Waals surface area (Å²) in [6.07, 6.45) is 2.45. The molecule has 1 amide bonds. The summed E-state index contributed by atoms with van der Waals surface area (Å²) in [6.45, 7) is 6.96. The number of rotatable bonds is 8. The lowest BCUT2D eigenvalue weighted by Crippen LogP contribution is -2.22. The van der Waals surface area contributed by atoms with Gasteiger partial charge in [0.2, 0.25) is 0 Å². The van der Waals surface area contributed by atoms with E-state index in [1.54, 1.807) is 6.92 Å². The lowest BCUT2D eigenvalue weighted by atomic mass is 10.1. The van der Waals surface area contributed by atoms with Crippen molar-refractivity contribution in [2.75, 3.05) is 25.3 Å². The van der Waals surface area contributed by atoms with Gasteiger partial charge in [0, 0.05) is 22.7 Å². The number of hydrogen-bond acceptors (Lipinski definition) is 9. The molecule has 0 saturated carbocycles. The van der Waals surface area contributed by atoms with Gasteiger partial charge in [-0.2, -0.15) is 0 Å². The van der Waals surface area contributed by atoms with Crippen LogP contribution in [0.3, 0.4) is 0 Å². The first-order valence-electron chi connectivity index (χ1n) is 9.19. The van der Waals surface area contributed by atoms with Gasteiger partial charge in [-0.1, -0.05) is 11.8 Å². The lowest BCUT2D eigenvalue weighted by Gasteiger charge is -2.10. The molecule has 8 nitrogen and oxygen atoms in total. The van der Waals surface area contributed by atoms with Gasteiger partial charge in [0.25, 0.3) is 5.91 Å². The minimum Gasteiger partial charge on any atom is -0.465 e. The standard InChI is InChI=1S/C20H25N3O5S2/c1-10-13(4)30-18(17(10)19(26)27-5)23-15(24)9-28-16(25)8-7-14-11(2)21-20(29-6)22-12(14)3/h7-9H2,1-6H3,(H,23,24). The molecule has 0 aliphatic heterocycles. The summed E-state index contributed by atoms with van der Waals surface area (Å²) in [5, 5.41) is 3.70. The van der Waals surface area contributed by atoms with Crippen LogP contribution in [0, 0.1) is 27.7 Å². The van der Waals surface area contributed by atoms with Crippen molar-refractivity contribution in [1.82, 2.24) is 9.97 Å². The minimum atomic E-state index is -0.524. The summed E-state index contributed by atoms with van der Waals surface area (Å²) in [5.41, 5.74) is 3.63. The van der Waals surface area contributed by atoms with Gasteiger partial charge < -0.3 is 14.8 Å². The molecule has 0 aliphatic carbocycles. The van der Waals surface area contributed by atoms with E-state index in [9.17, 15) is 14.4 Å². The number of methoxy groups -OCH3 is 1. The van der Waals surface area contributed by atoms with Crippen molar-refractivity contribution in [1.29, 1.82) is 0 Å². The molecule has 1 N–H and O–H groups in total. The molecule has 0 saturated heterocycles. The number of amides is 1. The molecule has 10 heteroatoms. The van der Waals surface area contributed by atoms with E-state index in [0.29, 0.717) is 22.1 Å². The molecule has 0 radical (unpaired) electrons. The maximum absolute atomic E-state index is 12.2. The van der Waals surface area contributed by atoms with Crippen LogP contribution < -0.4 is 5.32 Å². The molecule has 0 aliphatic rings. The van der Waals surface area contributed by atoms with E-state index in [4.69, 9.17) is 9.47 Å². The molecule has 162 valence electrons. The smallest absolute Gasteiger partial charge is 0.341 e. The Hall–Kier alpha value is -2.46. The molecule has 30 heavy (non-hydrogen) atoms. The fourth-order valence-electron chi connectivity index (χ4n) is 2.83. The first-order valence-corrected chi connectivity index (χ1v) is 11.2. The second-order valence-corrected chi connectivity index (χ2v) is 8.55. The monoisotopic (exact) mass is 451 g/mol. The maximum atomic E-state index is 12.2. The molecule has 0 atom stereocenters. The van der Waals surface area contributed by atoms with Crippen molar-refractivity contribution < 1.29 is 23.9 Å². The van der Waals surface area contributed by atoms with Gasteiger partial charge in [0.15, 0.2) is 11.8 Å². The van der Waals surface area contributed by atoms with Gasteiger partial charge in [-0.15, -0.1) is 11.3 Å². The van der Waals surface area contributed by atoms with Gasteiger partial charge in [-0.05, 0) is 51.5 Å². The molecule has 2 aromatic rings. The van der Waals surface area contributed by atoms with Crippen LogP contribution >= 0.6 is 23.1 Å². The summed E-state index contributed by atoms with van der Waals surface area (Å²) in [5.74, 6) is -1.54. The highest BCUT2D eigenvalue weighted by molar-refractivity contribution is 7.98. The third kappa shape index (κ3) is 5.79. The summed E-state index contributed by atoms with van der Waals surface area (Å²) in [4.78, 5) is 45.9. The van der Waals surface area contributed by atoms with Crippen LogP contribution in [0.25, 0.3) is 0 Å². The average Bonchev–Trinajstić information content (AvgIpc) is 2.98. The quantitative estimate of drug-likeness (QED) is 0.370. The van der Waals surface area contributed by atoms with Crippen molar-refractivity contribution >= 4 is 45.9 Å². The second kappa shape index (κ2) is 10.5. The van der Waals surface area contributed by atoms with Crippen LogP contribution in [-0.4, -0.2) is 47.8 Å². The third-order valence-electron chi connectivity index (χ3n) is 4.55. The number of anilines is 1. The van der Waals surface area contributed by atoms with Gasteiger partial charge in [0.1, 0.15) is 5.00 Å². The predicted octanol–water partition coefficient (Wildman–Crippen LogP) is 3.39.